The van der Waals surface area contributed by atoms with Crippen molar-refractivity contribution < 1.29 is 17.9 Å². The zero-order valence-electron chi connectivity index (χ0n) is 8.88. The van der Waals surface area contributed by atoms with Gasteiger partial charge in [0.05, 0.1) is 12.0 Å². The lowest BCUT2D eigenvalue weighted by Gasteiger charge is -1.98. The number of nitrogens with zero attached hydrogens (tertiary/aromatic N) is 1. The average Bonchev–Trinajstić information content (AvgIpc) is 2.26. The number of carbonyl (C=O) groups is 1. The zero-order valence-corrected chi connectivity index (χ0v) is 9.69. The number of sulfonamides is 1. The number of benzene rings is 1. The van der Waals surface area contributed by atoms with Crippen LogP contribution < -0.4 is 0 Å². The fourth-order valence-electron chi connectivity index (χ4n) is 0.936. The van der Waals surface area contributed by atoms with E-state index in [9.17, 15) is 13.2 Å². The van der Waals surface area contributed by atoms with Crippen LogP contribution in [0.15, 0.2) is 33.6 Å². The van der Waals surface area contributed by atoms with Crippen molar-refractivity contribution in [3.05, 3.63) is 29.8 Å². The summed E-state index contributed by atoms with van der Waals surface area (Å²) in [5.74, 6) is -0.810. The number of carbonyl (C=O) groups excluding carboxylic acids is 1. The first-order valence-electron chi connectivity index (χ1n) is 4.40. The summed E-state index contributed by atoms with van der Waals surface area (Å²) < 4.78 is 30.6. The molecule has 1 aromatic rings. The molecule has 0 spiro atoms. The fourth-order valence-corrected chi connectivity index (χ4v) is 1.76. The van der Waals surface area contributed by atoms with Crippen molar-refractivity contribution in [2.24, 2.45) is 4.40 Å². The maximum Gasteiger partial charge on any atom is 0.350 e. The second-order valence-corrected chi connectivity index (χ2v) is 4.68. The Hall–Kier alpha value is -1.69. The summed E-state index contributed by atoms with van der Waals surface area (Å²) in [6, 6.07) is 6.17. The van der Waals surface area contributed by atoms with E-state index in [-0.39, 0.29) is 4.90 Å². The Morgan fingerprint density at radius 2 is 1.88 bits per heavy atom. The van der Waals surface area contributed by atoms with E-state index in [0.29, 0.717) is 6.21 Å². The number of esters is 1. The van der Waals surface area contributed by atoms with Gasteiger partial charge in [-0.25, -0.2) is 4.79 Å². The molecular formula is C10H11NO4S. The normalized spacial score (nSPS) is 11.6. The highest BCUT2D eigenvalue weighted by Gasteiger charge is 2.11. The summed E-state index contributed by atoms with van der Waals surface area (Å²) >= 11 is 0. The first-order chi connectivity index (χ1) is 7.45. The fraction of sp³-hybridized carbons (Fsp3) is 0.200. The lowest BCUT2D eigenvalue weighted by atomic mass is 10.2. The van der Waals surface area contributed by atoms with Crippen LogP contribution in [0.25, 0.3) is 0 Å². The van der Waals surface area contributed by atoms with Gasteiger partial charge in [0, 0.05) is 0 Å². The number of methoxy groups -OCH3 is 1. The molecule has 0 unspecified atom stereocenters. The molecule has 6 heteroatoms. The van der Waals surface area contributed by atoms with Crippen LogP contribution in [-0.2, 0) is 19.6 Å². The van der Waals surface area contributed by atoms with E-state index in [0.717, 1.165) is 12.7 Å². The Kier molecular flexibility index (Phi) is 3.78. The van der Waals surface area contributed by atoms with E-state index >= 15 is 0 Å². The molecule has 0 aliphatic carbocycles. The quantitative estimate of drug-likeness (QED) is 0.583. The molecule has 16 heavy (non-hydrogen) atoms. The molecule has 0 amide bonds. The maximum absolute atomic E-state index is 11.6. The Labute approximate surface area is 93.8 Å². The van der Waals surface area contributed by atoms with Gasteiger partial charge in [-0.05, 0) is 19.1 Å². The van der Waals surface area contributed by atoms with Gasteiger partial charge in [-0.1, -0.05) is 17.7 Å². The molecule has 0 bridgehead atoms. The molecule has 5 nitrogen and oxygen atoms in total. The SMILES string of the molecule is COC(=O)C=NS(=O)(=O)c1ccc(C)cc1. The van der Waals surface area contributed by atoms with Gasteiger partial charge in [-0.15, -0.1) is 0 Å². The van der Waals surface area contributed by atoms with E-state index in [4.69, 9.17) is 0 Å². The van der Waals surface area contributed by atoms with Crippen molar-refractivity contribution in [3.8, 4) is 0 Å². The molecule has 0 radical (unpaired) electrons. The van der Waals surface area contributed by atoms with Crippen molar-refractivity contribution in [1.29, 1.82) is 0 Å². The molecule has 0 aliphatic rings. The van der Waals surface area contributed by atoms with E-state index in [2.05, 4.69) is 9.13 Å². The molecule has 1 rings (SSSR count). The second-order valence-electron chi connectivity index (χ2n) is 3.05. The third kappa shape index (κ3) is 3.16. The standard InChI is InChI=1S/C10H11NO4S/c1-8-3-5-9(6-4-8)16(13,14)11-7-10(12)15-2/h3-7H,1-2H3. The Balaban J connectivity index is 2.99. The first-order valence-corrected chi connectivity index (χ1v) is 5.84. The highest BCUT2D eigenvalue weighted by atomic mass is 32.2. The van der Waals surface area contributed by atoms with Gasteiger partial charge < -0.3 is 4.74 Å². The smallest absolute Gasteiger partial charge is 0.350 e. The Morgan fingerprint density at radius 3 is 2.38 bits per heavy atom. The average molecular weight is 241 g/mol. The number of ether oxygens (including phenoxy) is 1. The third-order valence-corrected chi connectivity index (χ3v) is 3.07. The van der Waals surface area contributed by atoms with Gasteiger partial charge in [-0.2, -0.15) is 12.8 Å². The second kappa shape index (κ2) is 4.89. The number of aryl methyl sites for hydroxylation is 1. The van der Waals surface area contributed by atoms with Crippen molar-refractivity contribution in [1.82, 2.24) is 0 Å². The molecule has 0 fully saturated rings. The maximum atomic E-state index is 11.6. The summed E-state index contributed by atoms with van der Waals surface area (Å²) in [4.78, 5) is 10.7. The zero-order chi connectivity index (χ0) is 12.2. The molecule has 0 aromatic heterocycles. The van der Waals surface area contributed by atoms with Gasteiger partial charge in [0.2, 0.25) is 0 Å². The summed E-state index contributed by atoms with van der Waals surface area (Å²) in [5.41, 5.74) is 0.941. The predicted molar refractivity (Wildman–Crippen MR) is 58.9 cm³/mol. The number of rotatable bonds is 3. The minimum Gasteiger partial charge on any atom is -0.465 e. The van der Waals surface area contributed by atoms with Crippen LogP contribution in [0.4, 0.5) is 0 Å². The molecule has 86 valence electrons. The minimum absolute atomic E-state index is 0.0400. The summed E-state index contributed by atoms with van der Waals surface area (Å²) in [6.45, 7) is 1.84. The summed E-state index contributed by atoms with van der Waals surface area (Å²) in [5, 5.41) is 0. The largest absolute Gasteiger partial charge is 0.465 e. The summed E-state index contributed by atoms with van der Waals surface area (Å²) in [7, 11) is -2.67. The van der Waals surface area contributed by atoms with Crippen LogP contribution in [0.2, 0.25) is 0 Å². The molecule has 0 saturated heterocycles. The van der Waals surface area contributed by atoms with Crippen LogP contribution >= 0.6 is 0 Å². The van der Waals surface area contributed by atoms with Crippen molar-refractivity contribution in [2.45, 2.75) is 11.8 Å². The first kappa shape index (κ1) is 12.4. The summed E-state index contributed by atoms with van der Waals surface area (Å²) in [6.07, 6.45) is 0.634. The van der Waals surface area contributed by atoms with E-state index < -0.39 is 16.0 Å². The molecular weight excluding hydrogens is 230 g/mol. The third-order valence-electron chi connectivity index (χ3n) is 1.82. The van der Waals surface area contributed by atoms with Crippen LogP contribution in [0.1, 0.15) is 5.56 Å². The van der Waals surface area contributed by atoms with E-state index in [1.165, 1.54) is 12.1 Å². The minimum atomic E-state index is -3.81. The lowest BCUT2D eigenvalue weighted by molar-refractivity contribution is -0.132. The van der Waals surface area contributed by atoms with Crippen molar-refractivity contribution >= 4 is 22.2 Å². The molecule has 1 aromatic carbocycles. The Bertz CT molecular complexity index is 502. The molecule has 0 N–H and O–H groups in total. The number of hydrogen-bond donors (Lipinski definition) is 0. The van der Waals surface area contributed by atoms with Crippen molar-refractivity contribution in [3.63, 3.8) is 0 Å². The molecule has 0 saturated carbocycles. The highest BCUT2D eigenvalue weighted by molar-refractivity contribution is 7.90. The molecule has 0 heterocycles. The van der Waals surface area contributed by atoms with Crippen LogP contribution in [-0.4, -0.2) is 27.7 Å². The van der Waals surface area contributed by atoms with Gasteiger partial charge >= 0.3 is 5.97 Å². The number of hydrogen-bond acceptors (Lipinski definition) is 4. The predicted octanol–water partition coefficient (Wildman–Crippen LogP) is 0.928. The van der Waals surface area contributed by atoms with E-state index in [1.54, 1.807) is 12.1 Å². The monoisotopic (exact) mass is 241 g/mol. The topological polar surface area (TPSA) is 72.8 Å². The van der Waals surface area contributed by atoms with Crippen LogP contribution in [0, 0.1) is 6.92 Å². The van der Waals surface area contributed by atoms with Crippen LogP contribution in [0.3, 0.4) is 0 Å². The van der Waals surface area contributed by atoms with Gasteiger partial charge in [-0.3, -0.25) is 0 Å². The Morgan fingerprint density at radius 1 is 1.31 bits per heavy atom. The lowest BCUT2D eigenvalue weighted by Crippen LogP contribution is -2.05. The van der Waals surface area contributed by atoms with Crippen molar-refractivity contribution in [2.75, 3.05) is 7.11 Å². The van der Waals surface area contributed by atoms with Crippen LogP contribution in [0.5, 0.6) is 0 Å². The van der Waals surface area contributed by atoms with Gasteiger partial charge in [0.1, 0.15) is 6.21 Å². The molecule has 0 atom stereocenters. The van der Waals surface area contributed by atoms with Gasteiger partial charge in [0.15, 0.2) is 0 Å². The molecule has 0 aliphatic heterocycles. The highest BCUT2D eigenvalue weighted by Crippen LogP contribution is 2.12. The van der Waals surface area contributed by atoms with E-state index in [1.807, 2.05) is 6.92 Å². The van der Waals surface area contributed by atoms with Gasteiger partial charge in [0.25, 0.3) is 10.0 Å².